The highest BCUT2D eigenvalue weighted by molar-refractivity contribution is 6.35. The van der Waals surface area contributed by atoms with Gasteiger partial charge in [0.25, 0.3) is 0 Å². The summed E-state index contributed by atoms with van der Waals surface area (Å²) in [5.74, 6) is -1.21. The van der Waals surface area contributed by atoms with E-state index in [9.17, 15) is 9.59 Å². The number of rotatable bonds is 6. The van der Waals surface area contributed by atoms with E-state index in [2.05, 4.69) is 45.7 Å². The normalized spacial score (nSPS) is 17.0. The van der Waals surface area contributed by atoms with Gasteiger partial charge in [-0.2, -0.15) is 0 Å². The van der Waals surface area contributed by atoms with Crippen molar-refractivity contribution in [2.45, 2.75) is 25.9 Å². The molecule has 2 aliphatic heterocycles. The van der Waals surface area contributed by atoms with Crippen LogP contribution in [0.15, 0.2) is 42.5 Å². The van der Waals surface area contributed by atoms with E-state index >= 15 is 0 Å². The number of carbonyl (C=O) groups excluding carboxylic acids is 2. The topological polar surface area (TPSA) is 73.9 Å². The van der Waals surface area contributed by atoms with Crippen molar-refractivity contribution in [3.63, 3.8) is 0 Å². The van der Waals surface area contributed by atoms with E-state index in [1.165, 1.54) is 16.8 Å². The maximum absolute atomic E-state index is 12.5. The number of anilines is 1. The van der Waals surface area contributed by atoms with Gasteiger partial charge in [-0.1, -0.05) is 42.0 Å². The maximum atomic E-state index is 12.5. The minimum atomic E-state index is -0.609. The molecule has 0 bridgehead atoms. The molecule has 0 aliphatic carbocycles. The molecule has 7 heteroatoms. The average molecular weight is 437 g/mol. The molecular formula is C25H32N4O3. The molecular weight excluding hydrogens is 404 g/mol. The molecule has 2 aromatic rings. The summed E-state index contributed by atoms with van der Waals surface area (Å²) in [7, 11) is 2.11. The Bertz CT molecular complexity index is 954. The molecule has 1 saturated heterocycles. The van der Waals surface area contributed by atoms with Crippen LogP contribution in [0.1, 0.15) is 28.3 Å². The molecule has 2 aliphatic rings. The van der Waals surface area contributed by atoms with Crippen LogP contribution in [0.2, 0.25) is 0 Å². The number of morpholine rings is 1. The first-order valence-electron chi connectivity index (χ1n) is 11.3. The third-order valence-corrected chi connectivity index (χ3v) is 6.34. The Kier molecular flexibility index (Phi) is 7.07. The Hall–Kier alpha value is -2.90. The summed E-state index contributed by atoms with van der Waals surface area (Å²) in [4.78, 5) is 29.4. The van der Waals surface area contributed by atoms with Crippen LogP contribution in [-0.4, -0.2) is 63.2 Å². The third-order valence-electron chi connectivity index (χ3n) is 6.34. The second kappa shape index (κ2) is 10.1. The van der Waals surface area contributed by atoms with Crippen molar-refractivity contribution in [1.29, 1.82) is 0 Å². The summed E-state index contributed by atoms with van der Waals surface area (Å²) < 4.78 is 5.52. The number of carbonyl (C=O) groups is 2. The van der Waals surface area contributed by atoms with Gasteiger partial charge in [0.05, 0.1) is 19.3 Å². The van der Waals surface area contributed by atoms with E-state index in [1.807, 2.05) is 31.2 Å². The molecule has 1 fully saturated rings. The number of likely N-dealkylation sites (N-methyl/N-ethyl adjacent to an activating group) is 1. The Morgan fingerprint density at radius 1 is 1.00 bits per heavy atom. The quantitative estimate of drug-likeness (QED) is 0.676. The second-order valence-corrected chi connectivity index (χ2v) is 8.60. The predicted octanol–water partition coefficient (Wildman–Crippen LogP) is 1.79. The molecule has 0 radical (unpaired) electrons. The molecule has 32 heavy (non-hydrogen) atoms. The molecule has 170 valence electrons. The Morgan fingerprint density at radius 2 is 1.72 bits per heavy atom. The van der Waals surface area contributed by atoms with Crippen molar-refractivity contribution in [1.82, 2.24) is 15.5 Å². The number of nitrogens with one attached hydrogen (secondary N) is 2. The number of hydrogen-bond donors (Lipinski definition) is 2. The second-order valence-electron chi connectivity index (χ2n) is 8.60. The van der Waals surface area contributed by atoms with Gasteiger partial charge in [0.15, 0.2) is 0 Å². The summed E-state index contributed by atoms with van der Waals surface area (Å²) in [5, 5.41) is 5.57. The number of benzene rings is 2. The van der Waals surface area contributed by atoms with Crippen molar-refractivity contribution in [2.75, 3.05) is 51.3 Å². The number of ether oxygens (including phenoxy) is 1. The van der Waals surface area contributed by atoms with Gasteiger partial charge in [0, 0.05) is 45.5 Å². The lowest BCUT2D eigenvalue weighted by atomic mass is 10.0. The molecule has 2 N–H and O–H groups in total. The van der Waals surface area contributed by atoms with Crippen LogP contribution in [0.4, 0.5) is 5.69 Å². The van der Waals surface area contributed by atoms with Gasteiger partial charge >= 0.3 is 11.8 Å². The molecule has 2 amide bonds. The standard InChI is InChI=1S/C25H32N4O3/c1-18-3-5-19(6-4-18)16-26-24(30)25(31)27-17-23(29-11-13-32-14-12-29)20-7-8-22-21(15-20)9-10-28(22)2/h3-8,15,23H,9-14,16-17H2,1-2H3,(H,26,30)(H,27,31)/t23-/m1/s1. The number of nitrogens with zero attached hydrogens (tertiary/aromatic N) is 2. The van der Waals surface area contributed by atoms with Crippen LogP contribution < -0.4 is 15.5 Å². The van der Waals surface area contributed by atoms with Crippen molar-refractivity contribution in [2.24, 2.45) is 0 Å². The molecule has 4 rings (SSSR count). The highest BCUT2D eigenvalue weighted by Gasteiger charge is 2.26. The van der Waals surface area contributed by atoms with Crippen LogP contribution in [0.25, 0.3) is 0 Å². The Balaban J connectivity index is 1.39. The zero-order valence-electron chi connectivity index (χ0n) is 18.9. The van der Waals surface area contributed by atoms with Crippen molar-refractivity contribution < 1.29 is 14.3 Å². The average Bonchev–Trinajstić information content (AvgIpc) is 3.19. The van der Waals surface area contributed by atoms with Gasteiger partial charge in [0.2, 0.25) is 0 Å². The molecule has 0 unspecified atom stereocenters. The Labute approximate surface area is 189 Å². The SMILES string of the molecule is Cc1ccc(CNC(=O)C(=O)NC[C@H](c2ccc3c(c2)CCN3C)N2CCOCC2)cc1. The lowest BCUT2D eigenvalue weighted by Gasteiger charge is -2.35. The molecule has 0 spiro atoms. The van der Waals surface area contributed by atoms with Gasteiger partial charge in [-0.25, -0.2) is 0 Å². The molecule has 0 aromatic heterocycles. The van der Waals surface area contributed by atoms with E-state index in [0.717, 1.165) is 37.2 Å². The van der Waals surface area contributed by atoms with E-state index in [0.29, 0.717) is 26.3 Å². The van der Waals surface area contributed by atoms with Crippen LogP contribution in [-0.2, 0) is 27.3 Å². The molecule has 2 aromatic carbocycles. The largest absolute Gasteiger partial charge is 0.379 e. The van der Waals surface area contributed by atoms with Gasteiger partial charge in [-0.15, -0.1) is 0 Å². The summed E-state index contributed by atoms with van der Waals surface area (Å²) in [6.45, 7) is 6.71. The summed E-state index contributed by atoms with van der Waals surface area (Å²) in [6.07, 6.45) is 1.03. The minimum absolute atomic E-state index is 0.00366. The predicted molar refractivity (Wildman–Crippen MR) is 125 cm³/mol. The number of hydrogen-bond acceptors (Lipinski definition) is 5. The third kappa shape index (κ3) is 5.29. The lowest BCUT2D eigenvalue weighted by Crippen LogP contribution is -2.46. The molecule has 2 heterocycles. The van der Waals surface area contributed by atoms with E-state index in [-0.39, 0.29) is 6.04 Å². The van der Waals surface area contributed by atoms with Crippen molar-refractivity contribution in [3.05, 3.63) is 64.7 Å². The van der Waals surface area contributed by atoms with Crippen LogP contribution in [0.3, 0.4) is 0 Å². The molecule has 7 nitrogen and oxygen atoms in total. The van der Waals surface area contributed by atoms with Crippen molar-refractivity contribution >= 4 is 17.5 Å². The summed E-state index contributed by atoms with van der Waals surface area (Å²) in [5.41, 5.74) is 5.90. The maximum Gasteiger partial charge on any atom is 0.309 e. The van der Waals surface area contributed by atoms with Crippen LogP contribution in [0.5, 0.6) is 0 Å². The van der Waals surface area contributed by atoms with E-state index < -0.39 is 11.8 Å². The highest BCUT2D eigenvalue weighted by Crippen LogP contribution is 2.31. The van der Waals surface area contributed by atoms with Crippen molar-refractivity contribution in [3.8, 4) is 0 Å². The van der Waals surface area contributed by atoms with E-state index in [4.69, 9.17) is 4.74 Å². The van der Waals surface area contributed by atoms with Gasteiger partial charge in [-0.3, -0.25) is 14.5 Å². The smallest absolute Gasteiger partial charge is 0.309 e. The lowest BCUT2D eigenvalue weighted by molar-refractivity contribution is -0.139. The fourth-order valence-corrected chi connectivity index (χ4v) is 4.38. The van der Waals surface area contributed by atoms with E-state index in [1.54, 1.807) is 0 Å². The first-order chi connectivity index (χ1) is 15.5. The summed E-state index contributed by atoms with van der Waals surface area (Å²) >= 11 is 0. The van der Waals surface area contributed by atoms with Crippen LogP contribution in [0, 0.1) is 6.92 Å². The summed E-state index contributed by atoms with van der Waals surface area (Å²) in [6, 6.07) is 14.4. The fourth-order valence-electron chi connectivity index (χ4n) is 4.38. The first kappa shape index (κ1) is 22.3. The number of amides is 2. The van der Waals surface area contributed by atoms with Gasteiger partial charge < -0.3 is 20.3 Å². The zero-order valence-corrected chi connectivity index (χ0v) is 18.9. The zero-order chi connectivity index (χ0) is 22.5. The highest BCUT2D eigenvalue weighted by atomic mass is 16.5. The molecule has 1 atom stereocenters. The first-order valence-corrected chi connectivity index (χ1v) is 11.3. The fraction of sp³-hybridized carbons (Fsp3) is 0.440. The number of fused-ring (bicyclic) bond motifs is 1. The van der Waals surface area contributed by atoms with Crippen LogP contribution >= 0.6 is 0 Å². The van der Waals surface area contributed by atoms with Gasteiger partial charge in [0.1, 0.15) is 0 Å². The monoisotopic (exact) mass is 436 g/mol. The molecule has 0 saturated carbocycles. The minimum Gasteiger partial charge on any atom is -0.379 e. The Morgan fingerprint density at radius 3 is 2.47 bits per heavy atom. The number of aryl methyl sites for hydroxylation is 1. The van der Waals surface area contributed by atoms with Gasteiger partial charge in [-0.05, 0) is 36.1 Å².